The number of benzene rings is 3. The minimum Gasteiger partial charge on any atom is -0.489 e. The van der Waals surface area contributed by atoms with Gasteiger partial charge in [-0.3, -0.25) is 0 Å². The zero-order valence-electron chi connectivity index (χ0n) is 13.2. The average molecular weight is 339 g/mol. The van der Waals surface area contributed by atoms with E-state index in [2.05, 4.69) is 0 Å². The van der Waals surface area contributed by atoms with Crippen molar-refractivity contribution in [2.45, 2.75) is 19.1 Å². The van der Waals surface area contributed by atoms with E-state index in [0.717, 1.165) is 11.1 Å². The van der Waals surface area contributed by atoms with Crippen molar-refractivity contribution < 1.29 is 9.84 Å². The van der Waals surface area contributed by atoms with E-state index in [1.165, 1.54) is 0 Å². The van der Waals surface area contributed by atoms with Crippen LogP contribution in [0.1, 0.15) is 22.8 Å². The first-order valence-electron chi connectivity index (χ1n) is 7.90. The SMILES string of the molecule is OC(Cc1ccccc1)c1cc(OCc2ccccc2)ccc1Cl. The predicted octanol–water partition coefficient (Wildman–Crippen LogP) is 5.20. The van der Waals surface area contributed by atoms with Crippen LogP contribution in [0.15, 0.2) is 78.9 Å². The second-order valence-electron chi connectivity index (χ2n) is 5.66. The normalized spacial score (nSPS) is 11.9. The summed E-state index contributed by atoms with van der Waals surface area (Å²) in [5.41, 5.74) is 2.85. The summed E-state index contributed by atoms with van der Waals surface area (Å²) in [6.45, 7) is 0.483. The van der Waals surface area contributed by atoms with Crippen LogP contribution in [0, 0.1) is 0 Å². The standard InChI is InChI=1S/C21H19ClO2/c22-20-12-11-18(24-15-17-9-5-2-6-10-17)14-19(20)21(23)13-16-7-3-1-4-8-16/h1-12,14,21,23H,13,15H2. The van der Waals surface area contributed by atoms with Crippen LogP contribution in [0.5, 0.6) is 5.75 Å². The van der Waals surface area contributed by atoms with Crippen LogP contribution in [0.25, 0.3) is 0 Å². The smallest absolute Gasteiger partial charge is 0.120 e. The van der Waals surface area contributed by atoms with Gasteiger partial charge in [0.1, 0.15) is 12.4 Å². The molecule has 122 valence electrons. The maximum Gasteiger partial charge on any atom is 0.120 e. The lowest BCUT2D eigenvalue weighted by atomic mass is 10.0. The molecule has 0 aromatic heterocycles. The maximum atomic E-state index is 10.5. The molecule has 0 saturated heterocycles. The lowest BCUT2D eigenvalue weighted by Gasteiger charge is -2.15. The van der Waals surface area contributed by atoms with Gasteiger partial charge in [0, 0.05) is 17.0 Å². The van der Waals surface area contributed by atoms with E-state index in [-0.39, 0.29) is 0 Å². The summed E-state index contributed by atoms with van der Waals surface area (Å²) in [5.74, 6) is 0.699. The monoisotopic (exact) mass is 338 g/mol. The molecule has 3 aromatic rings. The van der Waals surface area contributed by atoms with Crippen molar-refractivity contribution in [2.75, 3.05) is 0 Å². The van der Waals surface area contributed by atoms with Crippen molar-refractivity contribution in [1.29, 1.82) is 0 Å². The Hall–Kier alpha value is -2.29. The Bertz CT molecular complexity index is 772. The first-order valence-corrected chi connectivity index (χ1v) is 8.28. The summed E-state index contributed by atoms with van der Waals surface area (Å²) in [4.78, 5) is 0. The Morgan fingerprint density at radius 1 is 0.833 bits per heavy atom. The fourth-order valence-electron chi connectivity index (χ4n) is 2.56. The van der Waals surface area contributed by atoms with Gasteiger partial charge < -0.3 is 9.84 Å². The topological polar surface area (TPSA) is 29.5 Å². The molecule has 0 amide bonds. The van der Waals surface area contributed by atoms with E-state index in [1.54, 1.807) is 6.07 Å². The summed E-state index contributed by atoms with van der Waals surface area (Å²) in [6.07, 6.45) is -0.150. The van der Waals surface area contributed by atoms with Crippen LogP contribution in [-0.2, 0) is 13.0 Å². The van der Waals surface area contributed by atoms with Gasteiger partial charge in [0.05, 0.1) is 6.10 Å². The molecule has 0 aliphatic carbocycles. The van der Waals surface area contributed by atoms with Gasteiger partial charge in [-0.2, -0.15) is 0 Å². The highest BCUT2D eigenvalue weighted by Crippen LogP contribution is 2.29. The van der Waals surface area contributed by atoms with Crippen LogP contribution < -0.4 is 4.74 Å². The molecule has 24 heavy (non-hydrogen) atoms. The Morgan fingerprint density at radius 2 is 1.46 bits per heavy atom. The van der Waals surface area contributed by atoms with E-state index in [1.807, 2.05) is 72.8 Å². The number of ether oxygens (including phenoxy) is 1. The number of rotatable bonds is 6. The number of aliphatic hydroxyl groups excluding tert-OH is 1. The fraction of sp³-hybridized carbons (Fsp3) is 0.143. The molecule has 1 N–H and O–H groups in total. The molecule has 2 nitrogen and oxygen atoms in total. The largest absolute Gasteiger partial charge is 0.489 e. The van der Waals surface area contributed by atoms with E-state index in [0.29, 0.717) is 29.4 Å². The minimum absolute atomic E-state index is 0.483. The fourth-order valence-corrected chi connectivity index (χ4v) is 2.80. The number of halogens is 1. The highest BCUT2D eigenvalue weighted by Gasteiger charge is 2.13. The summed E-state index contributed by atoms with van der Waals surface area (Å²) >= 11 is 6.26. The maximum absolute atomic E-state index is 10.5. The quantitative estimate of drug-likeness (QED) is 0.669. The summed E-state index contributed by atoms with van der Waals surface area (Å²) in [6, 6.07) is 25.2. The number of aliphatic hydroxyl groups is 1. The first-order chi connectivity index (χ1) is 11.7. The van der Waals surface area contributed by atoms with Crippen LogP contribution in [0.3, 0.4) is 0 Å². The summed E-state index contributed by atoms with van der Waals surface area (Å²) in [5, 5.41) is 11.1. The molecule has 1 unspecified atom stereocenters. The molecule has 0 fully saturated rings. The molecule has 0 saturated carbocycles. The van der Waals surface area contributed by atoms with Gasteiger partial charge in [-0.1, -0.05) is 72.3 Å². The van der Waals surface area contributed by atoms with Gasteiger partial charge in [-0.05, 0) is 29.3 Å². The number of hydrogen-bond donors (Lipinski definition) is 1. The van der Waals surface area contributed by atoms with Gasteiger partial charge >= 0.3 is 0 Å². The van der Waals surface area contributed by atoms with Crippen molar-refractivity contribution in [2.24, 2.45) is 0 Å². The highest BCUT2D eigenvalue weighted by molar-refractivity contribution is 6.31. The van der Waals surface area contributed by atoms with Gasteiger partial charge in [-0.25, -0.2) is 0 Å². The van der Waals surface area contributed by atoms with Gasteiger partial charge in [0.15, 0.2) is 0 Å². The van der Waals surface area contributed by atoms with E-state index < -0.39 is 6.10 Å². The molecule has 0 aliphatic heterocycles. The van der Waals surface area contributed by atoms with Gasteiger partial charge in [-0.15, -0.1) is 0 Å². The van der Waals surface area contributed by atoms with E-state index >= 15 is 0 Å². The molecule has 3 rings (SSSR count). The molecular formula is C21H19ClO2. The van der Waals surface area contributed by atoms with Gasteiger partial charge in [0.25, 0.3) is 0 Å². The van der Waals surface area contributed by atoms with Crippen molar-refractivity contribution >= 4 is 11.6 Å². The van der Waals surface area contributed by atoms with E-state index in [4.69, 9.17) is 16.3 Å². The van der Waals surface area contributed by atoms with Crippen LogP contribution in [0.2, 0.25) is 5.02 Å². The molecule has 1 atom stereocenters. The summed E-state index contributed by atoms with van der Waals surface area (Å²) in [7, 11) is 0. The van der Waals surface area contributed by atoms with Crippen molar-refractivity contribution in [1.82, 2.24) is 0 Å². The van der Waals surface area contributed by atoms with Crippen molar-refractivity contribution in [3.05, 3.63) is 101 Å². The third-order valence-electron chi connectivity index (χ3n) is 3.85. The lowest BCUT2D eigenvalue weighted by Crippen LogP contribution is -2.03. The van der Waals surface area contributed by atoms with Crippen LogP contribution in [0.4, 0.5) is 0 Å². The number of hydrogen-bond acceptors (Lipinski definition) is 2. The second-order valence-corrected chi connectivity index (χ2v) is 6.07. The lowest BCUT2D eigenvalue weighted by molar-refractivity contribution is 0.178. The van der Waals surface area contributed by atoms with E-state index in [9.17, 15) is 5.11 Å². The predicted molar refractivity (Wildman–Crippen MR) is 97.3 cm³/mol. The Labute approximate surface area is 147 Å². The molecule has 3 heteroatoms. The zero-order chi connectivity index (χ0) is 16.8. The molecule has 0 radical (unpaired) electrons. The van der Waals surface area contributed by atoms with Gasteiger partial charge in [0.2, 0.25) is 0 Å². The Balaban J connectivity index is 1.71. The molecule has 0 spiro atoms. The van der Waals surface area contributed by atoms with Crippen LogP contribution >= 0.6 is 11.6 Å². The molecule has 3 aromatic carbocycles. The molecule has 0 bridgehead atoms. The first kappa shape index (κ1) is 16.6. The molecule has 0 heterocycles. The Morgan fingerprint density at radius 3 is 2.12 bits per heavy atom. The molecular weight excluding hydrogens is 320 g/mol. The molecule has 0 aliphatic rings. The van der Waals surface area contributed by atoms with Crippen molar-refractivity contribution in [3.8, 4) is 5.75 Å². The third kappa shape index (κ3) is 4.38. The average Bonchev–Trinajstić information content (AvgIpc) is 2.62. The van der Waals surface area contributed by atoms with Crippen LogP contribution in [-0.4, -0.2) is 5.11 Å². The minimum atomic E-state index is -0.667. The Kier molecular flexibility index (Phi) is 5.52. The highest BCUT2D eigenvalue weighted by atomic mass is 35.5. The second kappa shape index (κ2) is 8.00. The zero-order valence-corrected chi connectivity index (χ0v) is 14.0. The third-order valence-corrected chi connectivity index (χ3v) is 4.19. The summed E-state index contributed by atoms with van der Waals surface area (Å²) < 4.78 is 5.82. The van der Waals surface area contributed by atoms with Crippen molar-refractivity contribution in [3.63, 3.8) is 0 Å².